The molecule has 0 aromatic heterocycles. The molecule has 0 aliphatic heterocycles. The van der Waals surface area contributed by atoms with Crippen LogP contribution in [0.15, 0.2) is 164 Å². The lowest BCUT2D eigenvalue weighted by atomic mass is 9.82. The standard InChI is InChI=1S/C47H39N/c1-32-13-8-9-18-41(32)43-30-37(22-21-33(43)2)35-23-25-38(26-24-35)48(39-17-12-16-36(29-39)34-14-6-5-7-15-34)40-27-28-46-44(31-40)42-19-10-11-20-45(42)47(46,3)4/h5-31H,1-4H3. The van der Waals surface area contributed by atoms with Crippen LogP contribution in [0.2, 0.25) is 0 Å². The van der Waals surface area contributed by atoms with Gasteiger partial charge in [0.25, 0.3) is 0 Å². The fraction of sp³-hybridized carbons (Fsp3) is 0.106. The van der Waals surface area contributed by atoms with Crippen molar-refractivity contribution in [3.63, 3.8) is 0 Å². The van der Waals surface area contributed by atoms with Gasteiger partial charge in [0, 0.05) is 22.5 Å². The van der Waals surface area contributed by atoms with Crippen LogP contribution in [0.1, 0.15) is 36.1 Å². The Morgan fingerprint density at radius 1 is 0.354 bits per heavy atom. The van der Waals surface area contributed by atoms with Gasteiger partial charge >= 0.3 is 0 Å². The maximum Gasteiger partial charge on any atom is 0.0468 e. The molecule has 0 amide bonds. The third-order valence-corrected chi connectivity index (χ3v) is 10.2. The highest BCUT2D eigenvalue weighted by Crippen LogP contribution is 2.50. The second-order valence-corrected chi connectivity index (χ2v) is 13.5. The first-order valence-corrected chi connectivity index (χ1v) is 16.9. The summed E-state index contributed by atoms with van der Waals surface area (Å²) in [5.41, 5.74) is 18.8. The van der Waals surface area contributed by atoms with Gasteiger partial charge in [-0.25, -0.2) is 0 Å². The minimum Gasteiger partial charge on any atom is -0.310 e. The van der Waals surface area contributed by atoms with Crippen LogP contribution in [-0.4, -0.2) is 0 Å². The van der Waals surface area contributed by atoms with E-state index in [1.54, 1.807) is 0 Å². The number of rotatable bonds is 6. The number of hydrogen-bond acceptors (Lipinski definition) is 1. The van der Waals surface area contributed by atoms with Gasteiger partial charge in [0.15, 0.2) is 0 Å². The van der Waals surface area contributed by atoms with Gasteiger partial charge in [0.05, 0.1) is 0 Å². The van der Waals surface area contributed by atoms with E-state index in [-0.39, 0.29) is 5.41 Å². The average molecular weight is 618 g/mol. The van der Waals surface area contributed by atoms with E-state index in [0.717, 1.165) is 17.1 Å². The van der Waals surface area contributed by atoms with E-state index in [9.17, 15) is 0 Å². The van der Waals surface area contributed by atoms with Crippen molar-refractivity contribution in [2.45, 2.75) is 33.1 Å². The molecule has 0 radical (unpaired) electrons. The highest BCUT2D eigenvalue weighted by Gasteiger charge is 2.35. The number of hydrogen-bond donors (Lipinski definition) is 0. The Hall–Kier alpha value is -5.66. The molecule has 8 rings (SSSR count). The molecule has 48 heavy (non-hydrogen) atoms. The van der Waals surface area contributed by atoms with Gasteiger partial charge in [0.2, 0.25) is 0 Å². The third kappa shape index (κ3) is 5.13. The van der Waals surface area contributed by atoms with E-state index >= 15 is 0 Å². The monoisotopic (exact) mass is 617 g/mol. The molecule has 1 nitrogen and oxygen atoms in total. The van der Waals surface area contributed by atoms with Crippen LogP contribution in [0.4, 0.5) is 17.1 Å². The van der Waals surface area contributed by atoms with Crippen LogP contribution in [0.3, 0.4) is 0 Å². The van der Waals surface area contributed by atoms with E-state index in [4.69, 9.17) is 0 Å². The predicted molar refractivity (Wildman–Crippen MR) is 204 cm³/mol. The first kappa shape index (κ1) is 29.7. The van der Waals surface area contributed by atoms with Crippen molar-refractivity contribution in [1.29, 1.82) is 0 Å². The fourth-order valence-corrected chi connectivity index (χ4v) is 7.52. The van der Waals surface area contributed by atoms with Crippen LogP contribution >= 0.6 is 0 Å². The quantitative estimate of drug-likeness (QED) is 0.179. The molecule has 0 bridgehead atoms. The molecule has 0 atom stereocenters. The third-order valence-electron chi connectivity index (χ3n) is 10.2. The smallest absolute Gasteiger partial charge is 0.0468 e. The van der Waals surface area contributed by atoms with Crippen molar-refractivity contribution in [2.75, 3.05) is 4.90 Å². The molecule has 0 saturated carbocycles. The summed E-state index contributed by atoms with van der Waals surface area (Å²) in [6.07, 6.45) is 0. The van der Waals surface area contributed by atoms with E-state index in [1.807, 2.05) is 0 Å². The van der Waals surface area contributed by atoms with Crippen LogP contribution in [0, 0.1) is 13.8 Å². The van der Waals surface area contributed by atoms with Crippen molar-refractivity contribution in [3.05, 3.63) is 186 Å². The summed E-state index contributed by atoms with van der Waals surface area (Å²) in [4.78, 5) is 2.40. The van der Waals surface area contributed by atoms with Gasteiger partial charge in [-0.1, -0.05) is 135 Å². The summed E-state index contributed by atoms with van der Waals surface area (Å²) in [6, 6.07) is 60.0. The van der Waals surface area contributed by atoms with E-state index in [2.05, 4.69) is 196 Å². The number of aryl methyl sites for hydroxylation is 2. The van der Waals surface area contributed by atoms with Crippen LogP contribution < -0.4 is 4.90 Å². The SMILES string of the molecule is Cc1ccccc1-c1cc(-c2ccc(N(c3cccc(-c4ccccc4)c3)c3ccc4c(c3)-c3ccccc3C4(C)C)cc2)ccc1C. The molecule has 0 fully saturated rings. The summed E-state index contributed by atoms with van der Waals surface area (Å²) in [5, 5.41) is 0. The highest BCUT2D eigenvalue weighted by molar-refractivity contribution is 5.88. The van der Waals surface area contributed by atoms with Crippen molar-refractivity contribution < 1.29 is 0 Å². The number of benzene rings is 7. The van der Waals surface area contributed by atoms with Gasteiger partial charge in [-0.15, -0.1) is 0 Å². The zero-order valence-corrected chi connectivity index (χ0v) is 28.0. The first-order valence-electron chi connectivity index (χ1n) is 16.9. The van der Waals surface area contributed by atoms with Gasteiger partial charge in [-0.3, -0.25) is 0 Å². The van der Waals surface area contributed by atoms with Gasteiger partial charge in [-0.05, 0) is 123 Å². The summed E-state index contributed by atoms with van der Waals surface area (Å²) in [5.74, 6) is 0. The Labute approximate surface area is 284 Å². The van der Waals surface area contributed by atoms with Gasteiger partial charge in [0.1, 0.15) is 0 Å². The molecular formula is C47H39N. The summed E-state index contributed by atoms with van der Waals surface area (Å²) in [6.45, 7) is 9.07. The summed E-state index contributed by atoms with van der Waals surface area (Å²) >= 11 is 0. The molecule has 0 heterocycles. The molecular weight excluding hydrogens is 579 g/mol. The average Bonchev–Trinajstić information content (AvgIpc) is 3.35. The number of anilines is 3. The molecule has 0 spiro atoms. The largest absolute Gasteiger partial charge is 0.310 e. The van der Waals surface area contributed by atoms with Crippen molar-refractivity contribution >= 4 is 17.1 Å². The Bertz CT molecular complexity index is 2270. The van der Waals surface area contributed by atoms with Crippen LogP contribution in [-0.2, 0) is 5.41 Å². The zero-order valence-electron chi connectivity index (χ0n) is 28.0. The van der Waals surface area contributed by atoms with Crippen molar-refractivity contribution in [2.24, 2.45) is 0 Å². The van der Waals surface area contributed by atoms with Gasteiger partial charge < -0.3 is 4.90 Å². The van der Waals surface area contributed by atoms with E-state index in [0.29, 0.717) is 0 Å². The Morgan fingerprint density at radius 2 is 0.917 bits per heavy atom. The molecule has 0 N–H and O–H groups in total. The van der Waals surface area contributed by atoms with Crippen LogP contribution in [0.25, 0.3) is 44.5 Å². The fourth-order valence-electron chi connectivity index (χ4n) is 7.52. The zero-order chi connectivity index (χ0) is 32.8. The first-order chi connectivity index (χ1) is 23.4. The topological polar surface area (TPSA) is 3.24 Å². The second-order valence-electron chi connectivity index (χ2n) is 13.5. The minimum atomic E-state index is -0.0324. The molecule has 7 aromatic carbocycles. The predicted octanol–water partition coefficient (Wildman–Crippen LogP) is 13.1. The molecule has 1 heteroatoms. The van der Waals surface area contributed by atoms with Crippen LogP contribution in [0.5, 0.6) is 0 Å². The molecule has 232 valence electrons. The number of fused-ring (bicyclic) bond motifs is 3. The van der Waals surface area contributed by atoms with E-state index in [1.165, 1.54) is 66.8 Å². The Kier molecular flexibility index (Phi) is 7.34. The molecule has 0 saturated heterocycles. The second kappa shape index (κ2) is 11.9. The minimum absolute atomic E-state index is 0.0324. The Balaban J connectivity index is 1.24. The molecule has 1 aliphatic rings. The van der Waals surface area contributed by atoms with E-state index < -0.39 is 0 Å². The maximum atomic E-state index is 2.40. The number of nitrogens with zero attached hydrogens (tertiary/aromatic N) is 1. The lowest BCUT2D eigenvalue weighted by molar-refractivity contribution is 0.660. The summed E-state index contributed by atoms with van der Waals surface area (Å²) in [7, 11) is 0. The summed E-state index contributed by atoms with van der Waals surface area (Å²) < 4.78 is 0. The lowest BCUT2D eigenvalue weighted by Gasteiger charge is -2.28. The van der Waals surface area contributed by atoms with Crippen molar-refractivity contribution in [1.82, 2.24) is 0 Å². The van der Waals surface area contributed by atoms with Crippen molar-refractivity contribution in [3.8, 4) is 44.5 Å². The lowest BCUT2D eigenvalue weighted by Crippen LogP contribution is -2.15. The molecule has 0 unspecified atom stereocenters. The maximum absolute atomic E-state index is 2.40. The van der Waals surface area contributed by atoms with Gasteiger partial charge in [-0.2, -0.15) is 0 Å². The molecule has 7 aromatic rings. The highest BCUT2D eigenvalue weighted by atomic mass is 15.1. The normalized spacial score (nSPS) is 12.8. The Morgan fingerprint density at radius 3 is 1.71 bits per heavy atom. The molecule has 1 aliphatic carbocycles.